The van der Waals surface area contributed by atoms with Gasteiger partial charge in [-0.05, 0) is 26.0 Å². The number of aryl methyl sites for hydroxylation is 1. The summed E-state index contributed by atoms with van der Waals surface area (Å²) in [6, 6.07) is 6.84. The summed E-state index contributed by atoms with van der Waals surface area (Å²) in [5.74, 6) is -0.152. The number of hydrogen-bond acceptors (Lipinski definition) is 3. The second-order valence-corrected chi connectivity index (χ2v) is 3.99. The van der Waals surface area contributed by atoms with Crippen LogP contribution < -0.4 is 5.73 Å². The summed E-state index contributed by atoms with van der Waals surface area (Å²) in [7, 11) is 1.62. The standard InChI is InChI=1S/C12H17N3O2/c1-8-5-4-6-10(7-8)12(16)15(3)9(2)11(13)14-17/h4-7,9,17H,1-3H3,(H2,13,14). The summed E-state index contributed by atoms with van der Waals surface area (Å²) in [5, 5.41) is 11.5. The molecule has 17 heavy (non-hydrogen) atoms. The minimum Gasteiger partial charge on any atom is -0.409 e. The van der Waals surface area contributed by atoms with Gasteiger partial charge in [-0.2, -0.15) is 0 Å². The van der Waals surface area contributed by atoms with E-state index in [0.717, 1.165) is 5.56 Å². The Kier molecular flexibility index (Phi) is 4.09. The lowest BCUT2D eigenvalue weighted by Crippen LogP contribution is -2.43. The molecule has 0 aliphatic heterocycles. The van der Waals surface area contributed by atoms with E-state index in [4.69, 9.17) is 10.9 Å². The van der Waals surface area contributed by atoms with E-state index in [9.17, 15) is 4.79 Å². The molecule has 1 aromatic carbocycles. The van der Waals surface area contributed by atoms with Crippen LogP contribution in [0.1, 0.15) is 22.8 Å². The van der Waals surface area contributed by atoms with E-state index >= 15 is 0 Å². The fourth-order valence-electron chi connectivity index (χ4n) is 1.44. The Morgan fingerprint density at radius 1 is 1.53 bits per heavy atom. The van der Waals surface area contributed by atoms with E-state index in [1.54, 1.807) is 26.1 Å². The highest BCUT2D eigenvalue weighted by Crippen LogP contribution is 2.09. The van der Waals surface area contributed by atoms with E-state index < -0.39 is 6.04 Å². The van der Waals surface area contributed by atoms with E-state index in [1.165, 1.54) is 4.90 Å². The predicted molar refractivity (Wildman–Crippen MR) is 66.1 cm³/mol. The number of oxime groups is 1. The number of amidine groups is 1. The molecule has 3 N–H and O–H groups in total. The molecule has 0 saturated heterocycles. The zero-order valence-electron chi connectivity index (χ0n) is 10.2. The number of nitrogens with zero attached hydrogens (tertiary/aromatic N) is 2. The molecule has 1 aromatic rings. The number of carbonyl (C=O) groups is 1. The van der Waals surface area contributed by atoms with E-state index in [1.807, 2.05) is 19.1 Å². The average molecular weight is 235 g/mol. The number of carbonyl (C=O) groups excluding carboxylic acids is 1. The summed E-state index contributed by atoms with van der Waals surface area (Å²) >= 11 is 0. The highest BCUT2D eigenvalue weighted by molar-refractivity contribution is 5.98. The summed E-state index contributed by atoms with van der Waals surface area (Å²) < 4.78 is 0. The highest BCUT2D eigenvalue weighted by Gasteiger charge is 2.20. The van der Waals surface area contributed by atoms with Crippen molar-refractivity contribution >= 4 is 11.7 Å². The first-order valence-electron chi connectivity index (χ1n) is 5.28. The lowest BCUT2D eigenvalue weighted by molar-refractivity contribution is 0.0776. The van der Waals surface area contributed by atoms with Gasteiger partial charge in [-0.1, -0.05) is 22.9 Å². The summed E-state index contributed by atoms with van der Waals surface area (Å²) in [4.78, 5) is 13.5. The second-order valence-electron chi connectivity index (χ2n) is 3.99. The van der Waals surface area contributed by atoms with E-state index in [2.05, 4.69) is 5.16 Å². The maximum Gasteiger partial charge on any atom is 0.254 e. The van der Waals surface area contributed by atoms with Gasteiger partial charge < -0.3 is 15.8 Å². The average Bonchev–Trinajstić information content (AvgIpc) is 2.35. The van der Waals surface area contributed by atoms with Crippen LogP contribution >= 0.6 is 0 Å². The van der Waals surface area contributed by atoms with Crippen molar-refractivity contribution < 1.29 is 10.0 Å². The maximum atomic E-state index is 12.1. The fraction of sp³-hybridized carbons (Fsp3) is 0.333. The lowest BCUT2D eigenvalue weighted by atomic mass is 10.1. The van der Waals surface area contributed by atoms with Gasteiger partial charge in [0.1, 0.15) is 0 Å². The van der Waals surface area contributed by atoms with Gasteiger partial charge >= 0.3 is 0 Å². The normalized spacial score (nSPS) is 13.2. The Morgan fingerprint density at radius 3 is 2.71 bits per heavy atom. The Balaban J connectivity index is 2.90. The van der Waals surface area contributed by atoms with Crippen LogP contribution in [0.15, 0.2) is 29.4 Å². The van der Waals surface area contributed by atoms with Gasteiger partial charge in [0, 0.05) is 12.6 Å². The first kappa shape index (κ1) is 13.0. The molecule has 0 aliphatic carbocycles. The van der Waals surface area contributed by atoms with E-state index in [0.29, 0.717) is 5.56 Å². The quantitative estimate of drug-likeness (QED) is 0.357. The van der Waals surface area contributed by atoms with Crippen LogP contribution in [-0.2, 0) is 0 Å². The van der Waals surface area contributed by atoms with Crippen molar-refractivity contribution in [3.8, 4) is 0 Å². The van der Waals surface area contributed by atoms with Gasteiger partial charge in [0.2, 0.25) is 0 Å². The Labute approximate surface area is 101 Å². The van der Waals surface area contributed by atoms with Gasteiger partial charge in [-0.3, -0.25) is 4.79 Å². The third-order valence-electron chi connectivity index (χ3n) is 2.71. The van der Waals surface area contributed by atoms with Crippen molar-refractivity contribution in [3.05, 3.63) is 35.4 Å². The molecule has 0 aromatic heterocycles. The zero-order valence-corrected chi connectivity index (χ0v) is 10.2. The smallest absolute Gasteiger partial charge is 0.254 e. The molecule has 0 aliphatic rings. The Hall–Kier alpha value is -2.04. The van der Waals surface area contributed by atoms with Crippen LogP contribution in [-0.4, -0.2) is 34.9 Å². The Bertz CT molecular complexity index is 443. The molecule has 5 nitrogen and oxygen atoms in total. The molecule has 1 amide bonds. The summed E-state index contributed by atoms with van der Waals surface area (Å²) in [6.45, 7) is 3.62. The van der Waals surface area contributed by atoms with Crippen LogP contribution in [0, 0.1) is 6.92 Å². The molecule has 92 valence electrons. The third-order valence-corrected chi connectivity index (χ3v) is 2.71. The van der Waals surface area contributed by atoms with Gasteiger partial charge in [0.15, 0.2) is 5.84 Å². The van der Waals surface area contributed by atoms with Crippen molar-refractivity contribution in [1.29, 1.82) is 0 Å². The number of rotatable bonds is 3. The van der Waals surface area contributed by atoms with Crippen LogP contribution in [0.5, 0.6) is 0 Å². The molecule has 1 unspecified atom stereocenters. The van der Waals surface area contributed by atoms with Gasteiger partial charge in [-0.15, -0.1) is 0 Å². The first-order valence-corrected chi connectivity index (χ1v) is 5.28. The minimum atomic E-state index is -0.451. The van der Waals surface area contributed by atoms with Gasteiger partial charge in [0.05, 0.1) is 6.04 Å². The second kappa shape index (κ2) is 5.34. The monoisotopic (exact) mass is 235 g/mol. The van der Waals surface area contributed by atoms with E-state index in [-0.39, 0.29) is 11.7 Å². The SMILES string of the molecule is Cc1cccc(C(=O)N(C)C(C)C(N)=NO)c1. The zero-order chi connectivity index (χ0) is 13.0. The molecule has 0 spiro atoms. The largest absolute Gasteiger partial charge is 0.409 e. The molecule has 0 radical (unpaired) electrons. The maximum absolute atomic E-state index is 12.1. The van der Waals surface area contributed by atoms with Crippen molar-refractivity contribution in [3.63, 3.8) is 0 Å². The van der Waals surface area contributed by atoms with Crippen LogP contribution in [0.2, 0.25) is 0 Å². The van der Waals surface area contributed by atoms with Crippen LogP contribution in [0.25, 0.3) is 0 Å². The molecule has 1 rings (SSSR count). The molecule has 0 saturated carbocycles. The topological polar surface area (TPSA) is 78.9 Å². The third kappa shape index (κ3) is 2.96. The van der Waals surface area contributed by atoms with Crippen molar-refractivity contribution in [2.75, 3.05) is 7.05 Å². The molecule has 0 bridgehead atoms. The number of benzene rings is 1. The molecule has 0 heterocycles. The fourth-order valence-corrected chi connectivity index (χ4v) is 1.44. The predicted octanol–water partition coefficient (Wildman–Crippen LogP) is 1.20. The lowest BCUT2D eigenvalue weighted by Gasteiger charge is -2.23. The minimum absolute atomic E-state index is 0.00787. The molecule has 1 atom stereocenters. The summed E-state index contributed by atoms with van der Waals surface area (Å²) in [5.41, 5.74) is 7.07. The van der Waals surface area contributed by atoms with Crippen molar-refractivity contribution in [1.82, 2.24) is 4.90 Å². The van der Waals surface area contributed by atoms with Crippen molar-refractivity contribution in [2.45, 2.75) is 19.9 Å². The van der Waals surface area contributed by atoms with Crippen LogP contribution in [0.4, 0.5) is 0 Å². The first-order chi connectivity index (χ1) is 7.97. The summed E-state index contributed by atoms with van der Waals surface area (Å²) in [6.07, 6.45) is 0. The van der Waals surface area contributed by atoms with Crippen molar-refractivity contribution in [2.24, 2.45) is 10.9 Å². The molecule has 5 heteroatoms. The molecule has 0 fully saturated rings. The highest BCUT2D eigenvalue weighted by atomic mass is 16.4. The molecular weight excluding hydrogens is 218 g/mol. The molecular formula is C12H17N3O2. The Morgan fingerprint density at radius 2 is 2.18 bits per heavy atom. The van der Waals surface area contributed by atoms with Gasteiger partial charge in [0.25, 0.3) is 5.91 Å². The number of nitrogens with two attached hydrogens (primary N) is 1. The van der Waals surface area contributed by atoms with Gasteiger partial charge in [-0.25, -0.2) is 0 Å². The number of amides is 1. The number of likely N-dealkylation sites (N-methyl/N-ethyl adjacent to an activating group) is 1. The number of hydrogen-bond donors (Lipinski definition) is 2. The van der Waals surface area contributed by atoms with Crippen LogP contribution in [0.3, 0.4) is 0 Å².